The van der Waals surface area contributed by atoms with Crippen molar-refractivity contribution < 1.29 is 19.5 Å². The number of amides is 3. The summed E-state index contributed by atoms with van der Waals surface area (Å²) in [5.41, 5.74) is 2.79. The van der Waals surface area contributed by atoms with Crippen LogP contribution in [-0.2, 0) is 9.59 Å². The molecule has 2 heterocycles. The van der Waals surface area contributed by atoms with Crippen molar-refractivity contribution in [2.24, 2.45) is 0 Å². The molecule has 3 amide bonds. The van der Waals surface area contributed by atoms with Crippen molar-refractivity contribution >= 4 is 34.4 Å². The number of nitrogens with one attached hydrogen (secondary N) is 4. The first-order chi connectivity index (χ1) is 14.0. The number of aliphatic hydroxyl groups is 1. The van der Waals surface area contributed by atoms with Gasteiger partial charge in [-0.05, 0) is 36.8 Å². The van der Waals surface area contributed by atoms with Crippen LogP contribution in [0.5, 0.6) is 0 Å². The summed E-state index contributed by atoms with van der Waals surface area (Å²) in [4.78, 5) is 40.4. The largest absolute Gasteiger partial charge is 0.394 e. The summed E-state index contributed by atoms with van der Waals surface area (Å²) in [6.07, 6.45) is 1.49. The van der Waals surface area contributed by atoms with Gasteiger partial charge in [0.2, 0.25) is 0 Å². The minimum atomic E-state index is -0.878. The number of aromatic amines is 1. The molecule has 5 N–H and O–H groups in total. The fraction of sp³-hybridized carbons (Fsp3) is 0.211. The zero-order chi connectivity index (χ0) is 20.8. The van der Waals surface area contributed by atoms with Crippen molar-refractivity contribution in [3.05, 3.63) is 53.9 Å². The highest BCUT2D eigenvalue weighted by Crippen LogP contribution is 2.09. The van der Waals surface area contributed by atoms with Gasteiger partial charge in [-0.25, -0.2) is 4.98 Å². The van der Waals surface area contributed by atoms with Gasteiger partial charge < -0.3 is 21.1 Å². The second-order valence-electron chi connectivity index (χ2n) is 6.39. The summed E-state index contributed by atoms with van der Waals surface area (Å²) >= 11 is 0. The van der Waals surface area contributed by atoms with Crippen LogP contribution < -0.4 is 16.0 Å². The third-order valence-corrected chi connectivity index (χ3v) is 4.08. The molecule has 10 heteroatoms. The van der Waals surface area contributed by atoms with E-state index in [0.717, 1.165) is 5.56 Å². The molecule has 0 radical (unpaired) electrons. The molecule has 0 fully saturated rings. The first-order valence-corrected chi connectivity index (χ1v) is 8.84. The lowest BCUT2D eigenvalue weighted by molar-refractivity contribution is -0.136. The van der Waals surface area contributed by atoms with Gasteiger partial charge in [0.1, 0.15) is 11.2 Å². The molecule has 10 nitrogen and oxygen atoms in total. The highest BCUT2D eigenvalue weighted by atomic mass is 16.3. The predicted molar refractivity (Wildman–Crippen MR) is 105 cm³/mol. The Morgan fingerprint density at radius 1 is 1.17 bits per heavy atom. The highest BCUT2D eigenvalue weighted by Gasteiger charge is 2.18. The smallest absolute Gasteiger partial charge is 0.313 e. The zero-order valence-electron chi connectivity index (χ0n) is 15.6. The van der Waals surface area contributed by atoms with Gasteiger partial charge in [-0.15, -0.1) is 0 Å². The molecule has 0 spiro atoms. The summed E-state index contributed by atoms with van der Waals surface area (Å²) in [6, 6.07) is 9.40. The molecule has 150 valence electrons. The average molecular weight is 396 g/mol. The molecule has 0 aliphatic carbocycles. The van der Waals surface area contributed by atoms with E-state index in [9.17, 15) is 19.5 Å². The van der Waals surface area contributed by atoms with Crippen LogP contribution in [0, 0.1) is 6.92 Å². The number of H-pyrrole nitrogens is 1. The number of nitrogens with zero attached hydrogens (tertiary/aromatic N) is 2. The Morgan fingerprint density at radius 3 is 2.76 bits per heavy atom. The van der Waals surface area contributed by atoms with Crippen LogP contribution in [0.3, 0.4) is 0 Å². The lowest BCUT2D eigenvalue weighted by Gasteiger charge is -2.16. The van der Waals surface area contributed by atoms with Gasteiger partial charge in [0.25, 0.3) is 5.91 Å². The number of benzene rings is 1. The van der Waals surface area contributed by atoms with E-state index >= 15 is 0 Å². The number of aliphatic hydroxyl groups excluding tert-OH is 1. The quantitative estimate of drug-likeness (QED) is 0.373. The Balaban J connectivity index is 1.53. The fourth-order valence-electron chi connectivity index (χ4n) is 2.58. The molecule has 1 unspecified atom stereocenters. The molecule has 0 aliphatic heterocycles. The van der Waals surface area contributed by atoms with Crippen LogP contribution in [0.1, 0.15) is 16.1 Å². The van der Waals surface area contributed by atoms with Crippen molar-refractivity contribution in [2.45, 2.75) is 13.0 Å². The Hall–Kier alpha value is -3.79. The number of anilines is 1. The van der Waals surface area contributed by atoms with Crippen LogP contribution in [0.4, 0.5) is 5.69 Å². The van der Waals surface area contributed by atoms with Crippen LogP contribution in [0.25, 0.3) is 11.0 Å². The minimum absolute atomic E-state index is 0.129. The number of pyridine rings is 1. The standard InChI is InChI=1S/C19H20N6O4/c1-11-3-2-4-12(7-11)22-19(29)18(28)20-8-13(10-26)23-17(27)15-6-5-14-16(24-15)9-21-25-14/h2-7,9,13,26H,8,10H2,1H3,(H,20,28)(H,21,25)(H,22,29)(H,23,27). The van der Waals surface area contributed by atoms with E-state index in [0.29, 0.717) is 16.7 Å². The number of hydrogen-bond acceptors (Lipinski definition) is 6. The van der Waals surface area contributed by atoms with E-state index in [2.05, 4.69) is 31.1 Å². The Kier molecular flexibility index (Phi) is 6.15. The molecule has 1 aromatic carbocycles. The number of fused-ring (bicyclic) bond motifs is 1. The van der Waals surface area contributed by atoms with Crippen molar-refractivity contribution in [3.8, 4) is 0 Å². The topological polar surface area (TPSA) is 149 Å². The monoisotopic (exact) mass is 396 g/mol. The maximum atomic E-state index is 12.3. The molecule has 3 rings (SSSR count). The SMILES string of the molecule is Cc1cccc(NC(=O)C(=O)NCC(CO)NC(=O)c2ccc3[nH]ncc3n2)c1. The van der Waals surface area contributed by atoms with E-state index in [1.54, 1.807) is 24.3 Å². The second-order valence-corrected chi connectivity index (χ2v) is 6.39. The van der Waals surface area contributed by atoms with Crippen molar-refractivity contribution in [1.29, 1.82) is 0 Å². The van der Waals surface area contributed by atoms with Crippen LogP contribution >= 0.6 is 0 Å². The number of rotatable bonds is 6. The van der Waals surface area contributed by atoms with Crippen molar-refractivity contribution in [2.75, 3.05) is 18.5 Å². The van der Waals surface area contributed by atoms with Gasteiger partial charge in [0.05, 0.1) is 24.4 Å². The van der Waals surface area contributed by atoms with Crippen molar-refractivity contribution in [1.82, 2.24) is 25.8 Å². The molecule has 2 aromatic heterocycles. The van der Waals surface area contributed by atoms with E-state index in [1.807, 2.05) is 13.0 Å². The molecule has 3 aromatic rings. The lowest BCUT2D eigenvalue weighted by atomic mass is 10.2. The summed E-state index contributed by atoms with van der Waals surface area (Å²) in [5, 5.41) is 23.5. The fourth-order valence-corrected chi connectivity index (χ4v) is 2.58. The molecular formula is C19H20N6O4. The molecule has 1 atom stereocenters. The van der Waals surface area contributed by atoms with E-state index in [4.69, 9.17) is 0 Å². The van der Waals surface area contributed by atoms with Gasteiger partial charge in [-0.2, -0.15) is 5.10 Å². The maximum absolute atomic E-state index is 12.3. The first kappa shape index (κ1) is 20.0. The van der Waals surface area contributed by atoms with Crippen LogP contribution in [0.15, 0.2) is 42.6 Å². The molecule has 0 aliphatic rings. The number of carbonyl (C=O) groups excluding carboxylic acids is 3. The Bertz CT molecular complexity index is 1050. The van der Waals surface area contributed by atoms with Gasteiger partial charge in [0, 0.05) is 12.2 Å². The normalized spacial score (nSPS) is 11.7. The van der Waals surface area contributed by atoms with Gasteiger partial charge >= 0.3 is 11.8 Å². The molecule has 29 heavy (non-hydrogen) atoms. The van der Waals surface area contributed by atoms with E-state index in [-0.39, 0.29) is 12.2 Å². The summed E-state index contributed by atoms with van der Waals surface area (Å²) in [7, 11) is 0. The third-order valence-electron chi connectivity index (χ3n) is 4.08. The minimum Gasteiger partial charge on any atom is -0.394 e. The molecule has 0 saturated heterocycles. The Morgan fingerprint density at radius 2 is 2.00 bits per heavy atom. The summed E-state index contributed by atoms with van der Waals surface area (Å²) in [5.74, 6) is -2.24. The molecule has 0 saturated carbocycles. The maximum Gasteiger partial charge on any atom is 0.313 e. The number of carbonyl (C=O) groups is 3. The number of aryl methyl sites for hydroxylation is 1. The van der Waals surface area contributed by atoms with Gasteiger partial charge in [0.15, 0.2) is 0 Å². The number of hydrogen-bond donors (Lipinski definition) is 5. The van der Waals surface area contributed by atoms with Gasteiger partial charge in [-0.1, -0.05) is 12.1 Å². The third kappa shape index (κ3) is 5.14. The van der Waals surface area contributed by atoms with Crippen LogP contribution in [-0.4, -0.2) is 57.2 Å². The Labute approximate surface area is 165 Å². The van der Waals surface area contributed by atoms with Crippen LogP contribution in [0.2, 0.25) is 0 Å². The van der Waals surface area contributed by atoms with E-state index in [1.165, 1.54) is 12.3 Å². The van der Waals surface area contributed by atoms with E-state index < -0.39 is 30.4 Å². The predicted octanol–water partition coefficient (Wildman–Crippen LogP) is 0.112. The van der Waals surface area contributed by atoms with Crippen molar-refractivity contribution in [3.63, 3.8) is 0 Å². The summed E-state index contributed by atoms with van der Waals surface area (Å²) < 4.78 is 0. The average Bonchev–Trinajstić information content (AvgIpc) is 3.18. The number of aromatic nitrogens is 3. The molecular weight excluding hydrogens is 376 g/mol. The second kappa shape index (κ2) is 8.93. The molecule has 0 bridgehead atoms. The highest BCUT2D eigenvalue weighted by molar-refractivity contribution is 6.39. The lowest BCUT2D eigenvalue weighted by Crippen LogP contribution is -2.48. The first-order valence-electron chi connectivity index (χ1n) is 8.84. The summed E-state index contributed by atoms with van der Waals surface area (Å²) in [6.45, 7) is 1.30. The zero-order valence-corrected chi connectivity index (χ0v) is 15.6. The van der Waals surface area contributed by atoms with Gasteiger partial charge in [-0.3, -0.25) is 19.5 Å².